The highest BCUT2D eigenvalue weighted by Gasteiger charge is 2.28. The van der Waals surface area contributed by atoms with Crippen LogP contribution in [0.15, 0.2) is 4.60 Å². The van der Waals surface area contributed by atoms with Crippen molar-refractivity contribution in [3.8, 4) is 0 Å². The Hall–Kier alpha value is -0.400. The minimum Gasteiger partial charge on any atom is -0.368 e. The average Bonchev–Trinajstić information content (AvgIpc) is 2.59. The third kappa shape index (κ3) is 2.24. The number of ether oxygens (including phenoxy) is 1. The summed E-state index contributed by atoms with van der Waals surface area (Å²) in [5, 5.41) is 7.55. The Bertz CT molecular complexity index is 356. The van der Waals surface area contributed by atoms with Gasteiger partial charge in [0.05, 0.1) is 6.61 Å². The lowest BCUT2D eigenvalue weighted by Crippen LogP contribution is -2.32. The normalized spacial score (nSPS) is 21.6. The Labute approximate surface area is 99.7 Å². The van der Waals surface area contributed by atoms with Gasteiger partial charge in [-0.1, -0.05) is 5.21 Å². The van der Waals surface area contributed by atoms with Crippen molar-refractivity contribution in [3.05, 3.63) is 10.3 Å². The van der Waals surface area contributed by atoms with E-state index < -0.39 is 0 Å². The molecule has 82 valence electrons. The van der Waals surface area contributed by atoms with Gasteiger partial charge >= 0.3 is 0 Å². The Kier molecular flexibility index (Phi) is 3.42. The minimum absolute atomic E-state index is 0.0541. The van der Waals surface area contributed by atoms with Gasteiger partial charge in [0.1, 0.15) is 11.8 Å². The van der Waals surface area contributed by atoms with Gasteiger partial charge in [0.2, 0.25) is 5.78 Å². The fraction of sp³-hybridized carbons (Fsp3) is 0.625. The third-order valence-electron chi connectivity index (χ3n) is 2.13. The van der Waals surface area contributed by atoms with Crippen LogP contribution in [0, 0.1) is 0 Å². The first-order valence-electron chi connectivity index (χ1n) is 4.49. The molecule has 0 spiro atoms. The summed E-state index contributed by atoms with van der Waals surface area (Å²) in [5.74, 6) is 1.60. The molecule has 7 heteroatoms. The smallest absolute Gasteiger partial charge is 0.213 e. The van der Waals surface area contributed by atoms with Gasteiger partial charge in [0, 0.05) is 18.6 Å². The van der Waals surface area contributed by atoms with Crippen LogP contribution in [0.2, 0.25) is 0 Å². The van der Waals surface area contributed by atoms with Crippen molar-refractivity contribution in [2.45, 2.75) is 6.10 Å². The summed E-state index contributed by atoms with van der Waals surface area (Å²) in [6.45, 7) is 0.629. The Morgan fingerprint density at radius 3 is 3.07 bits per heavy atom. The molecule has 1 aliphatic rings. The van der Waals surface area contributed by atoms with Crippen molar-refractivity contribution < 1.29 is 9.53 Å². The molecule has 0 bridgehead atoms. The van der Waals surface area contributed by atoms with Crippen molar-refractivity contribution in [2.75, 3.05) is 18.1 Å². The van der Waals surface area contributed by atoms with Gasteiger partial charge in [0.25, 0.3) is 0 Å². The standard InChI is InChI=1S/C8H10BrN3O2S/c1-12-6(8(9)10-11-12)7(13)5-4-15-3-2-14-5/h5H,2-4H2,1H3. The number of aryl methyl sites for hydroxylation is 1. The topological polar surface area (TPSA) is 57.0 Å². The van der Waals surface area contributed by atoms with Crippen molar-refractivity contribution in [3.63, 3.8) is 0 Å². The van der Waals surface area contributed by atoms with Crippen LogP contribution in [-0.4, -0.2) is 45.0 Å². The number of hydrogen-bond donors (Lipinski definition) is 0. The molecule has 0 aromatic carbocycles. The number of rotatable bonds is 2. The predicted molar refractivity (Wildman–Crippen MR) is 60.1 cm³/mol. The number of halogens is 1. The number of nitrogens with zero attached hydrogens (tertiary/aromatic N) is 3. The minimum atomic E-state index is -0.364. The van der Waals surface area contributed by atoms with Crippen LogP contribution >= 0.6 is 27.7 Å². The maximum atomic E-state index is 12.0. The first-order chi connectivity index (χ1) is 7.20. The van der Waals surface area contributed by atoms with Crippen molar-refractivity contribution in [1.82, 2.24) is 15.0 Å². The lowest BCUT2D eigenvalue weighted by molar-refractivity contribution is 0.0509. The zero-order valence-electron chi connectivity index (χ0n) is 8.14. The van der Waals surface area contributed by atoms with Crippen molar-refractivity contribution >= 4 is 33.5 Å². The number of ketones is 1. The molecule has 0 amide bonds. The van der Waals surface area contributed by atoms with E-state index >= 15 is 0 Å². The second-order valence-corrected chi connectivity index (χ2v) is 5.05. The Balaban J connectivity index is 2.19. The highest BCUT2D eigenvalue weighted by Crippen LogP contribution is 2.20. The molecule has 0 aliphatic carbocycles. The summed E-state index contributed by atoms with van der Waals surface area (Å²) in [4.78, 5) is 12.0. The van der Waals surface area contributed by atoms with E-state index in [-0.39, 0.29) is 11.9 Å². The molecule has 1 atom stereocenters. The fourth-order valence-electron chi connectivity index (χ4n) is 1.38. The van der Waals surface area contributed by atoms with E-state index in [4.69, 9.17) is 4.74 Å². The van der Waals surface area contributed by atoms with Crippen LogP contribution in [0.3, 0.4) is 0 Å². The third-order valence-corrected chi connectivity index (χ3v) is 3.66. The predicted octanol–water partition coefficient (Wildman–Crippen LogP) is 0.892. The molecule has 1 unspecified atom stereocenters. The van der Waals surface area contributed by atoms with Gasteiger partial charge in [-0.3, -0.25) is 4.79 Å². The molecular formula is C8H10BrN3O2S. The highest BCUT2D eigenvalue weighted by atomic mass is 79.9. The molecular weight excluding hydrogens is 282 g/mol. The van der Waals surface area contributed by atoms with Crippen LogP contribution in [0.1, 0.15) is 10.5 Å². The van der Waals surface area contributed by atoms with E-state index in [1.807, 2.05) is 0 Å². The second kappa shape index (κ2) is 4.63. The zero-order valence-corrected chi connectivity index (χ0v) is 10.5. The lowest BCUT2D eigenvalue weighted by Gasteiger charge is -2.20. The number of Topliss-reactive ketones (excluding diaryl/α,β-unsaturated/α-hetero) is 1. The molecule has 2 rings (SSSR count). The van der Waals surface area contributed by atoms with Crippen LogP contribution in [-0.2, 0) is 11.8 Å². The summed E-state index contributed by atoms with van der Waals surface area (Å²) in [6, 6.07) is 0. The van der Waals surface area contributed by atoms with Crippen LogP contribution < -0.4 is 0 Å². The van der Waals surface area contributed by atoms with Gasteiger partial charge in [-0.25, -0.2) is 4.68 Å². The molecule has 2 heterocycles. The summed E-state index contributed by atoms with van der Waals surface area (Å²) in [7, 11) is 1.70. The van der Waals surface area contributed by atoms with Crippen LogP contribution in [0.25, 0.3) is 0 Å². The summed E-state index contributed by atoms with van der Waals surface area (Å²) in [6.07, 6.45) is -0.364. The number of carbonyl (C=O) groups excluding carboxylic acids is 1. The largest absolute Gasteiger partial charge is 0.368 e. The lowest BCUT2D eigenvalue weighted by atomic mass is 10.2. The van der Waals surface area contributed by atoms with Gasteiger partial charge in [0.15, 0.2) is 4.60 Å². The molecule has 15 heavy (non-hydrogen) atoms. The molecule has 1 aliphatic heterocycles. The molecule has 1 saturated heterocycles. The van der Waals surface area contributed by atoms with E-state index in [1.165, 1.54) is 4.68 Å². The number of carbonyl (C=O) groups is 1. The zero-order chi connectivity index (χ0) is 10.8. The van der Waals surface area contributed by atoms with E-state index in [2.05, 4.69) is 26.2 Å². The number of hydrogen-bond acceptors (Lipinski definition) is 5. The molecule has 0 radical (unpaired) electrons. The van der Waals surface area contributed by atoms with Gasteiger partial charge in [-0.15, -0.1) is 5.10 Å². The molecule has 5 nitrogen and oxygen atoms in total. The van der Waals surface area contributed by atoms with Crippen LogP contribution in [0.4, 0.5) is 0 Å². The first-order valence-corrected chi connectivity index (χ1v) is 6.43. The Morgan fingerprint density at radius 2 is 2.53 bits per heavy atom. The first kappa shape index (κ1) is 11.1. The van der Waals surface area contributed by atoms with Crippen molar-refractivity contribution in [2.24, 2.45) is 7.05 Å². The molecule has 1 fully saturated rings. The molecule has 0 N–H and O–H groups in total. The monoisotopic (exact) mass is 291 g/mol. The SMILES string of the molecule is Cn1nnc(Br)c1C(=O)C1CSCCO1. The molecule has 1 aromatic rings. The molecule has 1 aromatic heterocycles. The number of aromatic nitrogens is 3. The van der Waals surface area contributed by atoms with Gasteiger partial charge < -0.3 is 4.74 Å². The summed E-state index contributed by atoms with van der Waals surface area (Å²) in [5.41, 5.74) is 0.475. The second-order valence-electron chi connectivity index (χ2n) is 3.15. The maximum absolute atomic E-state index is 12.0. The summed E-state index contributed by atoms with van der Waals surface area (Å²) >= 11 is 4.94. The van der Waals surface area contributed by atoms with Gasteiger partial charge in [-0.2, -0.15) is 11.8 Å². The van der Waals surface area contributed by atoms with E-state index in [1.54, 1.807) is 18.8 Å². The fourth-order valence-corrected chi connectivity index (χ4v) is 2.75. The maximum Gasteiger partial charge on any atom is 0.213 e. The highest BCUT2D eigenvalue weighted by molar-refractivity contribution is 9.10. The quantitative estimate of drug-likeness (QED) is 0.758. The number of thioether (sulfide) groups is 1. The van der Waals surface area contributed by atoms with Crippen molar-refractivity contribution in [1.29, 1.82) is 0 Å². The Morgan fingerprint density at radius 1 is 1.73 bits per heavy atom. The van der Waals surface area contributed by atoms with E-state index in [0.717, 1.165) is 5.75 Å². The van der Waals surface area contributed by atoms with Crippen LogP contribution in [0.5, 0.6) is 0 Å². The summed E-state index contributed by atoms with van der Waals surface area (Å²) < 4.78 is 7.36. The van der Waals surface area contributed by atoms with E-state index in [0.29, 0.717) is 22.7 Å². The molecule has 0 saturated carbocycles. The van der Waals surface area contributed by atoms with E-state index in [9.17, 15) is 4.79 Å². The average molecular weight is 292 g/mol. The van der Waals surface area contributed by atoms with Gasteiger partial charge in [-0.05, 0) is 15.9 Å².